The van der Waals surface area contributed by atoms with Gasteiger partial charge in [-0.15, -0.1) is 0 Å². The number of rotatable bonds is 8. The molecule has 0 saturated heterocycles. The third-order valence-electron chi connectivity index (χ3n) is 5.98. The third kappa shape index (κ3) is 4.44. The maximum absolute atomic E-state index is 6.53. The first-order valence-electron chi connectivity index (χ1n) is 10.7. The van der Waals surface area contributed by atoms with Crippen molar-refractivity contribution in [1.29, 1.82) is 0 Å². The summed E-state index contributed by atoms with van der Waals surface area (Å²) in [6.07, 6.45) is 8.93. The fourth-order valence-electron chi connectivity index (χ4n) is 4.39. The second-order valence-corrected chi connectivity index (χ2v) is 8.65. The Morgan fingerprint density at radius 2 is 1.78 bits per heavy atom. The Morgan fingerprint density at radius 3 is 2.48 bits per heavy atom. The van der Waals surface area contributed by atoms with Crippen molar-refractivity contribution in [3.63, 3.8) is 0 Å². The molecular formula is C24H36O3. The number of allylic oxidation sites excluding steroid dienone is 2. The highest BCUT2D eigenvalue weighted by Crippen LogP contribution is 2.55. The molecule has 2 atom stereocenters. The molecule has 2 unspecified atom stereocenters. The van der Waals surface area contributed by atoms with Gasteiger partial charge in [0.1, 0.15) is 22.8 Å². The summed E-state index contributed by atoms with van der Waals surface area (Å²) < 4.78 is 18.8. The highest BCUT2D eigenvalue weighted by Gasteiger charge is 2.46. The van der Waals surface area contributed by atoms with E-state index in [1.165, 1.54) is 11.1 Å². The van der Waals surface area contributed by atoms with Gasteiger partial charge in [0.05, 0.1) is 13.2 Å². The minimum atomic E-state index is -0.183. The van der Waals surface area contributed by atoms with Crippen LogP contribution < -0.4 is 14.2 Å². The van der Waals surface area contributed by atoms with Crippen LogP contribution in [0.5, 0.6) is 17.2 Å². The molecule has 3 nitrogen and oxygen atoms in total. The number of ether oxygens (including phenoxy) is 3. The van der Waals surface area contributed by atoms with Crippen molar-refractivity contribution in [3.05, 3.63) is 29.3 Å². The second-order valence-electron chi connectivity index (χ2n) is 8.65. The van der Waals surface area contributed by atoms with Gasteiger partial charge >= 0.3 is 0 Å². The van der Waals surface area contributed by atoms with Gasteiger partial charge in [-0.3, -0.25) is 0 Å². The number of hydrogen-bond donors (Lipinski definition) is 0. The zero-order valence-corrected chi connectivity index (χ0v) is 17.8. The minimum Gasteiger partial charge on any atom is -0.493 e. The summed E-state index contributed by atoms with van der Waals surface area (Å²) >= 11 is 0. The molecule has 3 rings (SSSR count). The molecule has 1 aliphatic heterocycles. The molecule has 0 fully saturated rings. The molecule has 0 amide bonds. The van der Waals surface area contributed by atoms with E-state index in [4.69, 9.17) is 14.2 Å². The Morgan fingerprint density at radius 1 is 1.07 bits per heavy atom. The van der Waals surface area contributed by atoms with E-state index in [-0.39, 0.29) is 5.60 Å². The molecule has 0 aromatic heterocycles. The summed E-state index contributed by atoms with van der Waals surface area (Å²) in [4.78, 5) is 0. The summed E-state index contributed by atoms with van der Waals surface area (Å²) in [7, 11) is 0. The van der Waals surface area contributed by atoms with Crippen LogP contribution in [0.25, 0.3) is 0 Å². The molecule has 2 aliphatic rings. The topological polar surface area (TPSA) is 27.7 Å². The van der Waals surface area contributed by atoms with Crippen molar-refractivity contribution in [2.45, 2.75) is 84.7 Å². The Bertz CT molecular complexity index is 674. The smallest absolute Gasteiger partial charge is 0.131 e. The lowest BCUT2D eigenvalue weighted by Crippen LogP contribution is -2.45. The van der Waals surface area contributed by atoms with E-state index >= 15 is 0 Å². The van der Waals surface area contributed by atoms with Crippen LogP contribution in [-0.2, 0) is 0 Å². The molecular weight excluding hydrogens is 336 g/mol. The van der Waals surface area contributed by atoms with Crippen LogP contribution in [0, 0.1) is 5.92 Å². The van der Waals surface area contributed by atoms with Crippen molar-refractivity contribution in [1.82, 2.24) is 0 Å². The van der Waals surface area contributed by atoms with Crippen LogP contribution in [0.3, 0.4) is 0 Å². The standard InChI is InChI=1S/C24H36O3/c1-6-8-12-25-18-15-21(26-13-9-7-2)23-19-14-17(3)10-11-20(19)24(4,5)27-22(23)16-18/h10,15-16,19-20H,6-9,11-14H2,1-5H3. The Hall–Kier alpha value is -1.64. The van der Waals surface area contributed by atoms with Gasteiger partial charge in [0.25, 0.3) is 0 Å². The number of unbranched alkanes of at least 4 members (excludes halogenated alkanes) is 2. The van der Waals surface area contributed by atoms with E-state index in [0.717, 1.165) is 69.0 Å². The van der Waals surface area contributed by atoms with Gasteiger partial charge in [-0.25, -0.2) is 0 Å². The zero-order chi connectivity index (χ0) is 19.4. The van der Waals surface area contributed by atoms with Crippen LogP contribution in [0.15, 0.2) is 23.8 Å². The maximum Gasteiger partial charge on any atom is 0.131 e. The van der Waals surface area contributed by atoms with Crippen LogP contribution in [0.2, 0.25) is 0 Å². The molecule has 0 N–H and O–H groups in total. The van der Waals surface area contributed by atoms with E-state index in [0.29, 0.717) is 11.8 Å². The zero-order valence-electron chi connectivity index (χ0n) is 17.8. The fourth-order valence-corrected chi connectivity index (χ4v) is 4.39. The predicted octanol–water partition coefficient (Wildman–Crippen LogP) is 6.66. The van der Waals surface area contributed by atoms with Gasteiger partial charge < -0.3 is 14.2 Å². The third-order valence-corrected chi connectivity index (χ3v) is 5.98. The van der Waals surface area contributed by atoms with Crippen molar-refractivity contribution in [3.8, 4) is 17.2 Å². The first kappa shape index (κ1) is 20.1. The summed E-state index contributed by atoms with van der Waals surface area (Å²) in [6, 6.07) is 4.18. The quantitative estimate of drug-likeness (QED) is 0.377. The first-order valence-corrected chi connectivity index (χ1v) is 10.7. The van der Waals surface area contributed by atoms with Crippen molar-refractivity contribution in [2.24, 2.45) is 5.92 Å². The van der Waals surface area contributed by atoms with E-state index in [1.54, 1.807) is 0 Å². The molecule has 1 aromatic rings. The van der Waals surface area contributed by atoms with E-state index in [9.17, 15) is 0 Å². The van der Waals surface area contributed by atoms with Gasteiger partial charge in [-0.2, -0.15) is 0 Å². The molecule has 150 valence electrons. The van der Waals surface area contributed by atoms with E-state index in [2.05, 4.69) is 52.8 Å². The lowest BCUT2D eigenvalue weighted by atomic mass is 9.67. The largest absolute Gasteiger partial charge is 0.493 e. The minimum absolute atomic E-state index is 0.183. The monoisotopic (exact) mass is 372 g/mol. The van der Waals surface area contributed by atoms with Crippen molar-refractivity contribution in [2.75, 3.05) is 13.2 Å². The maximum atomic E-state index is 6.53. The summed E-state index contributed by atoms with van der Waals surface area (Å²) in [5, 5.41) is 0. The van der Waals surface area contributed by atoms with Gasteiger partial charge in [-0.1, -0.05) is 38.3 Å². The second kappa shape index (κ2) is 8.58. The molecule has 0 spiro atoms. The molecule has 1 aliphatic carbocycles. The Balaban J connectivity index is 1.98. The number of fused-ring (bicyclic) bond motifs is 3. The Labute approximate surface area is 165 Å². The first-order chi connectivity index (χ1) is 13.0. The average Bonchev–Trinajstić information content (AvgIpc) is 2.61. The fraction of sp³-hybridized carbons (Fsp3) is 0.667. The molecule has 0 radical (unpaired) electrons. The number of benzene rings is 1. The van der Waals surface area contributed by atoms with Crippen molar-refractivity contribution < 1.29 is 14.2 Å². The summed E-state index contributed by atoms with van der Waals surface area (Å²) in [6.45, 7) is 12.6. The normalized spacial score (nSPS) is 22.9. The molecule has 1 aromatic carbocycles. The summed E-state index contributed by atoms with van der Waals surface area (Å²) in [5.41, 5.74) is 2.55. The SMILES string of the molecule is CCCCOc1cc(OCCCC)c2c(c1)OC(C)(C)C1CC=C(C)CC21. The Kier molecular flexibility index (Phi) is 6.39. The van der Waals surface area contributed by atoms with Crippen LogP contribution in [0.1, 0.15) is 84.6 Å². The predicted molar refractivity (Wildman–Crippen MR) is 111 cm³/mol. The molecule has 3 heteroatoms. The van der Waals surface area contributed by atoms with Crippen LogP contribution >= 0.6 is 0 Å². The average molecular weight is 373 g/mol. The highest BCUT2D eigenvalue weighted by molar-refractivity contribution is 5.55. The molecule has 0 saturated carbocycles. The molecule has 1 heterocycles. The van der Waals surface area contributed by atoms with E-state index in [1.807, 2.05) is 0 Å². The molecule has 0 bridgehead atoms. The highest BCUT2D eigenvalue weighted by atomic mass is 16.5. The van der Waals surface area contributed by atoms with Gasteiger partial charge in [0, 0.05) is 29.5 Å². The molecule has 27 heavy (non-hydrogen) atoms. The lowest BCUT2D eigenvalue weighted by Gasteiger charge is -2.47. The van der Waals surface area contributed by atoms with Crippen molar-refractivity contribution >= 4 is 0 Å². The van der Waals surface area contributed by atoms with Crippen LogP contribution in [-0.4, -0.2) is 18.8 Å². The van der Waals surface area contributed by atoms with Gasteiger partial charge in [0.15, 0.2) is 0 Å². The van der Waals surface area contributed by atoms with Gasteiger partial charge in [0.2, 0.25) is 0 Å². The lowest BCUT2D eigenvalue weighted by molar-refractivity contribution is 0.00704. The van der Waals surface area contributed by atoms with Gasteiger partial charge in [-0.05, 0) is 46.5 Å². The summed E-state index contributed by atoms with van der Waals surface area (Å²) in [5.74, 6) is 3.72. The number of hydrogen-bond acceptors (Lipinski definition) is 3. The van der Waals surface area contributed by atoms with Crippen LogP contribution in [0.4, 0.5) is 0 Å². The van der Waals surface area contributed by atoms with E-state index < -0.39 is 0 Å².